The fraction of sp³-hybridized carbons (Fsp3) is 0.182. The average molecular weight is 415 g/mol. The minimum atomic E-state index is -0.576. The number of carbonyl (C=O) groups excluding carboxylic acids is 1. The van der Waals surface area contributed by atoms with Crippen LogP contribution in [0.2, 0.25) is 0 Å². The summed E-state index contributed by atoms with van der Waals surface area (Å²) < 4.78 is 7.31. The molecule has 0 saturated heterocycles. The molecule has 2 aromatic heterocycles. The Bertz CT molecular complexity index is 1200. The third kappa shape index (κ3) is 4.11. The minimum Gasteiger partial charge on any atom is -0.351 e. The number of aromatic nitrogens is 4. The lowest BCUT2D eigenvalue weighted by Gasteiger charge is -2.27. The van der Waals surface area contributed by atoms with Crippen molar-refractivity contribution in [1.82, 2.24) is 19.9 Å². The van der Waals surface area contributed by atoms with Crippen molar-refractivity contribution in [3.8, 4) is 5.69 Å². The van der Waals surface area contributed by atoms with Crippen molar-refractivity contribution in [2.45, 2.75) is 19.4 Å². The quantitative estimate of drug-likeness (QED) is 0.518. The van der Waals surface area contributed by atoms with Gasteiger partial charge in [-0.3, -0.25) is 0 Å². The molecule has 0 unspecified atom stereocenters. The van der Waals surface area contributed by atoms with Gasteiger partial charge in [0.15, 0.2) is 0 Å². The van der Waals surface area contributed by atoms with E-state index in [0.29, 0.717) is 30.5 Å². The Labute approximate surface area is 178 Å². The van der Waals surface area contributed by atoms with Gasteiger partial charge in [-0.1, -0.05) is 18.2 Å². The third-order valence-corrected chi connectivity index (χ3v) is 5.29. The second kappa shape index (κ2) is 7.94. The fourth-order valence-corrected chi connectivity index (χ4v) is 3.76. The van der Waals surface area contributed by atoms with E-state index in [1.54, 1.807) is 6.20 Å². The fourth-order valence-electron chi connectivity index (χ4n) is 3.76. The maximum atomic E-state index is 11.1. The van der Waals surface area contributed by atoms with Crippen LogP contribution in [-0.2, 0) is 19.4 Å². The molecule has 4 aromatic rings. The van der Waals surface area contributed by atoms with Gasteiger partial charge in [-0.05, 0) is 58.6 Å². The van der Waals surface area contributed by atoms with Gasteiger partial charge in [-0.15, -0.1) is 0 Å². The van der Waals surface area contributed by atoms with E-state index in [1.165, 1.54) is 5.56 Å². The zero-order valence-electron chi connectivity index (χ0n) is 16.7. The number of nitrogens with zero attached hydrogens (tertiary/aromatic N) is 5. The van der Waals surface area contributed by atoms with Crippen LogP contribution >= 0.6 is 0 Å². The van der Waals surface area contributed by atoms with Crippen molar-refractivity contribution in [3.63, 3.8) is 0 Å². The lowest BCUT2D eigenvalue weighted by Crippen LogP contribution is -2.31. The molecule has 0 atom stereocenters. The summed E-state index contributed by atoms with van der Waals surface area (Å²) in [6.45, 7) is 1.44. The number of hydrogen-bond acceptors (Lipinski definition) is 6. The van der Waals surface area contributed by atoms with Crippen LogP contribution in [0, 0.1) is 0 Å². The molecule has 0 aliphatic carbocycles. The predicted molar refractivity (Wildman–Crippen MR) is 115 cm³/mol. The van der Waals surface area contributed by atoms with E-state index in [9.17, 15) is 4.79 Å². The highest BCUT2D eigenvalue weighted by Crippen LogP contribution is 2.25. The number of primary amides is 1. The minimum absolute atomic E-state index is 0.559. The summed E-state index contributed by atoms with van der Waals surface area (Å²) in [6.07, 6.45) is 5.08. The summed E-state index contributed by atoms with van der Waals surface area (Å²) in [7, 11) is 0. The Balaban J connectivity index is 1.27. The highest BCUT2D eigenvalue weighted by Gasteiger charge is 2.21. The van der Waals surface area contributed by atoms with E-state index in [4.69, 9.17) is 10.3 Å². The van der Waals surface area contributed by atoms with E-state index in [0.717, 1.165) is 29.8 Å². The molecule has 3 heterocycles. The van der Waals surface area contributed by atoms with Crippen LogP contribution in [0.15, 0.2) is 65.4 Å². The van der Waals surface area contributed by atoms with Gasteiger partial charge in [0.1, 0.15) is 0 Å². The van der Waals surface area contributed by atoms with Crippen LogP contribution in [0.5, 0.6) is 0 Å². The van der Waals surface area contributed by atoms with Crippen LogP contribution < -0.4 is 16.0 Å². The lowest BCUT2D eigenvalue weighted by atomic mass is 9.99. The van der Waals surface area contributed by atoms with Crippen LogP contribution in [-0.4, -0.2) is 32.5 Å². The zero-order chi connectivity index (χ0) is 21.2. The monoisotopic (exact) mass is 415 g/mol. The van der Waals surface area contributed by atoms with Crippen LogP contribution in [0.3, 0.4) is 0 Å². The molecule has 31 heavy (non-hydrogen) atoms. The summed E-state index contributed by atoms with van der Waals surface area (Å²) in [5.74, 6) is 1.14. The molecule has 1 aliphatic heterocycles. The molecular weight excluding hydrogens is 394 g/mol. The van der Waals surface area contributed by atoms with Gasteiger partial charge in [-0.25, -0.2) is 9.48 Å². The molecular formula is C22H21N7O2. The largest absolute Gasteiger partial charge is 0.351 e. The van der Waals surface area contributed by atoms with Crippen LogP contribution in [0.1, 0.15) is 22.6 Å². The number of anilines is 2. The van der Waals surface area contributed by atoms with Gasteiger partial charge in [0.2, 0.25) is 5.89 Å². The van der Waals surface area contributed by atoms with Crippen molar-refractivity contribution < 1.29 is 9.32 Å². The summed E-state index contributed by atoms with van der Waals surface area (Å²) in [5.41, 5.74) is 10.3. The van der Waals surface area contributed by atoms with E-state index in [-0.39, 0.29) is 0 Å². The Morgan fingerprint density at radius 1 is 1.16 bits per heavy atom. The number of nitrogens with two attached hydrogens (primary N) is 1. The summed E-state index contributed by atoms with van der Waals surface area (Å²) in [5, 5.41) is 11.0. The van der Waals surface area contributed by atoms with E-state index in [1.807, 2.05) is 59.4 Å². The molecule has 0 spiro atoms. The first kappa shape index (κ1) is 18.9. The molecule has 0 radical (unpaired) electrons. The number of rotatable bonds is 5. The standard InChI is InChI=1S/C22H21N7O2/c23-21(30)25-18-5-4-16-8-11-28(14-17(16)13-18)22-26-20(31-27-22)12-15-2-6-19(7-3-15)29-10-1-9-24-29/h1-7,9-10,13H,8,11-12,14H2,(H3,23,25,30). The molecule has 3 N–H and O–H groups in total. The van der Waals surface area contributed by atoms with Crippen molar-refractivity contribution in [3.05, 3.63) is 83.5 Å². The highest BCUT2D eigenvalue weighted by molar-refractivity contribution is 5.87. The lowest BCUT2D eigenvalue weighted by molar-refractivity contribution is 0.259. The number of urea groups is 1. The maximum Gasteiger partial charge on any atom is 0.316 e. The van der Waals surface area contributed by atoms with Gasteiger partial charge in [0, 0.05) is 31.2 Å². The molecule has 0 fully saturated rings. The smallest absolute Gasteiger partial charge is 0.316 e. The van der Waals surface area contributed by atoms with Gasteiger partial charge in [0.05, 0.1) is 12.1 Å². The third-order valence-electron chi connectivity index (χ3n) is 5.29. The molecule has 5 rings (SSSR count). The normalized spacial score (nSPS) is 13.1. The average Bonchev–Trinajstić information content (AvgIpc) is 3.46. The Morgan fingerprint density at radius 3 is 2.81 bits per heavy atom. The Kier molecular flexibility index (Phi) is 4.83. The molecule has 9 nitrogen and oxygen atoms in total. The Hall–Kier alpha value is -4.14. The molecule has 0 bridgehead atoms. The van der Waals surface area contributed by atoms with E-state index < -0.39 is 6.03 Å². The van der Waals surface area contributed by atoms with Crippen LogP contribution in [0.25, 0.3) is 5.69 Å². The van der Waals surface area contributed by atoms with E-state index in [2.05, 4.69) is 25.5 Å². The van der Waals surface area contributed by atoms with Crippen molar-refractivity contribution >= 4 is 17.7 Å². The number of benzene rings is 2. The van der Waals surface area contributed by atoms with Crippen molar-refractivity contribution in [2.24, 2.45) is 5.73 Å². The first-order chi connectivity index (χ1) is 15.1. The number of amides is 2. The van der Waals surface area contributed by atoms with Crippen LogP contribution in [0.4, 0.5) is 16.4 Å². The zero-order valence-corrected chi connectivity index (χ0v) is 16.7. The second-order valence-corrected chi connectivity index (χ2v) is 7.43. The summed E-state index contributed by atoms with van der Waals surface area (Å²) in [6, 6.07) is 15.2. The van der Waals surface area contributed by atoms with Gasteiger partial charge in [-0.2, -0.15) is 10.1 Å². The molecule has 2 aromatic carbocycles. The van der Waals surface area contributed by atoms with Crippen molar-refractivity contribution in [1.29, 1.82) is 0 Å². The predicted octanol–water partition coefficient (Wildman–Crippen LogP) is 2.90. The number of fused-ring (bicyclic) bond motifs is 1. The molecule has 156 valence electrons. The van der Waals surface area contributed by atoms with Gasteiger partial charge < -0.3 is 20.5 Å². The molecule has 1 aliphatic rings. The number of hydrogen-bond donors (Lipinski definition) is 2. The SMILES string of the molecule is NC(=O)Nc1ccc2c(c1)CN(c1noc(Cc3ccc(-n4cccn4)cc3)n1)CC2. The van der Waals surface area contributed by atoms with Gasteiger partial charge >= 0.3 is 6.03 Å². The van der Waals surface area contributed by atoms with E-state index >= 15 is 0 Å². The first-order valence-electron chi connectivity index (χ1n) is 9.99. The maximum absolute atomic E-state index is 11.1. The highest BCUT2D eigenvalue weighted by atomic mass is 16.5. The summed E-state index contributed by atoms with van der Waals surface area (Å²) >= 11 is 0. The summed E-state index contributed by atoms with van der Waals surface area (Å²) in [4.78, 5) is 17.8. The van der Waals surface area contributed by atoms with Gasteiger partial charge in [0.25, 0.3) is 5.95 Å². The number of nitrogens with one attached hydrogen (secondary N) is 1. The molecule has 2 amide bonds. The molecule has 0 saturated carbocycles. The number of carbonyl (C=O) groups is 1. The topological polar surface area (TPSA) is 115 Å². The second-order valence-electron chi connectivity index (χ2n) is 7.43. The molecule has 9 heteroatoms. The first-order valence-corrected chi connectivity index (χ1v) is 9.99. The Morgan fingerprint density at radius 2 is 2.03 bits per heavy atom. The van der Waals surface area contributed by atoms with Crippen molar-refractivity contribution in [2.75, 3.05) is 16.8 Å².